The second-order valence-corrected chi connectivity index (χ2v) is 6.29. The molecule has 1 saturated carbocycles. The fourth-order valence-electron chi connectivity index (χ4n) is 3.05. The first-order valence-electron chi connectivity index (χ1n) is 8.30. The van der Waals surface area contributed by atoms with E-state index in [1.807, 2.05) is 6.92 Å². The quantitative estimate of drug-likeness (QED) is 0.881. The van der Waals surface area contributed by atoms with Gasteiger partial charge in [0.25, 0.3) is 11.5 Å². The van der Waals surface area contributed by atoms with E-state index in [9.17, 15) is 9.59 Å². The number of carbonyl (C=O) groups is 1. The van der Waals surface area contributed by atoms with Crippen molar-refractivity contribution < 1.29 is 4.79 Å². The lowest BCUT2D eigenvalue weighted by molar-refractivity contribution is 0.0901. The molecule has 0 spiro atoms. The van der Waals surface area contributed by atoms with Crippen LogP contribution in [0.15, 0.2) is 16.9 Å². The van der Waals surface area contributed by atoms with Crippen LogP contribution in [0.25, 0.3) is 0 Å². The highest BCUT2D eigenvalue weighted by Crippen LogP contribution is 2.29. The lowest BCUT2D eigenvalue weighted by Crippen LogP contribution is -2.45. The van der Waals surface area contributed by atoms with Crippen molar-refractivity contribution in [3.8, 4) is 0 Å². The largest absolute Gasteiger partial charge is 0.348 e. The van der Waals surface area contributed by atoms with Gasteiger partial charge >= 0.3 is 0 Å². The van der Waals surface area contributed by atoms with Gasteiger partial charge in [0.05, 0.1) is 0 Å². The Morgan fingerprint density at radius 2 is 2.00 bits per heavy atom. The Balaban J connectivity index is 1.57. The summed E-state index contributed by atoms with van der Waals surface area (Å²) in [6.45, 7) is 4.66. The average Bonchev–Trinajstić information content (AvgIpc) is 3.35. The van der Waals surface area contributed by atoms with Gasteiger partial charge in [-0.3, -0.25) is 9.59 Å². The highest BCUT2D eigenvalue weighted by molar-refractivity contribution is 5.92. The smallest absolute Gasteiger partial charge is 0.271 e. The van der Waals surface area contributed by atoms with Gasteiger partial charge in [-0.05, 0) is 38.2 Å². The Morgan fingerprint density at radius 1 is 1.27 bits per heavy atom. The van der Waals surface area contributed by atoms with Crippen molar-refractivity contribution in [3.63, 3.8) is 0 Å². The number of hydrogen-bond acceptors (Lipinski definition) is 4. The maximum Gasteiger partial charge on any atom is 0.271 e. The summed E-state index contributed by atoms with van der Waals surface area (Å²) >= 11 is 0. The molecule has 6 heteroatoms. The summed E-state index contributed by atoms with van der Waals surface area (Å²) < 4.78 is 1.37. The number of piperidine rings is 1. The first-order valence-corrected chi connectivity index (χ1v) is 8.30. The number of likely N-dealkylation sites (tertiary alicyclic amines) is 1. The van der Waals surface area contributed by atoms with Crippen molar-refractivity contribution >= 4 is 5.91 Å². The van der Waals surface area contributed by atoms with Crippen molar-refractivity contribution in [2.24, 2.45) is 0 Å². The van der Waals surface area contributed by atoms with Crippen molar-refractivity contribution in [1.29, 1.82) is 0 Å². The van der Waals surface area contributed by atoms with E-state index in [0.29, 0.717) is 12.2 Å². The third-order valence-electron chi connectivity index (χ3n) is 4.46. The molecule has 120 valence electrons. The maximum atomic E-state index is 12.3. The average molecular weight is 304 g/mol. The molecule has 1 aromatic heterocycles. The van der Waals surface area contributed by atoms with Crippen LogP contribution >= 0.6 is 0 Å². The molecule has 22 heavy (non-hydrogen) atoms. The molecular formula is C16H24N4O2. The molecule has 0 aromatic carbocycles. The molecule has 2 fully saturated rings. The lowest BCUT2D eigenvalue weighted by Gasteiger charge is -2.32. The molecule has 0 bridgehead atoms. The fraction of sp³-hybridized carbons (Fsp3) is 0.688. The normalized spacial score (nSPS) is 20.0. The van der Waals surface area contributed by atoms with Crippen LogP contribution in [0.5, 0.6) is 0 Å². The van der Waals surface area contributed by atoms with Crippen LogP contribution < -0.4 is 10.9 Å². The van der Waals surface area contributed by atoms with Gasteiger partial charge < -0.3 is 10.2 Å². The minimum atomic E-state index is -0.172. The van der Waals surface area contributed by atoms with E-state index >= 15 is 0 Å². The molecule has 1 N–H and O–H groups in total. The van der Waals surface area contributed by atoms with Crippen LogP contribution in [-0.4, -0.2) is 45.8 Å². The van der Waals surface area contributed by atoms with Crippen molar-refractivity contribution in [1.82, 2.24) is 20.0 Å². The van der Waals surface area contributed by atoms with Crippen molar-refractivity contribution in [3.05, 3.63) is 28.2 Å². The van der Waals surface area contributed by atoms with E-state index in [1.165, 1.54) is 29.7 Å². The van der Waals surface area contributed by atoms with Crippen molar-refractivity contribution in [2.45, 2.75) is 57.7 Å². The number of rotatable bonds is 5. The van der Waals surface area contributed by atoms with Gasteiger partial charge in [0.2, 0.25) is 0 Å². The summed E-state index contributed by atoms with van der Waals surface area (Å²) in [7, 11) is 0. The van der Waals surface area contributed by atoms with Crippen molar-refractivity contribution in [2.75, 3.05) is 13.1 Å². The fourth-order valence-corrected chi connectivity index (χ4v) is 3.05. The molecule has 1 aliphatic carbocycles. The second kappa shape index (κ2) is 6.60. The van der Waals surface area contributed by atoms with E-state index in [0.717, 1.165) is 38.4 Å². The number of hydrogen-bond donors (Lipinski definition) is 1. The zero-order valence-electron chi connectivity index (χ0n) is 13.1. The molecule has 1 aliphatic heterocycles. The molecule has 0 radical (unpaired) electrons. The van der Waals surface area contributed by atoms with Crippen LogP contribution in [0.3, 0.4) is 0 Å². The number of aryl methyl sites for hydroxylation is 1. The van der Waals surface area contributed by atoms with Gasteiger partial charge in [-0.2, -0.15) is 5.10 Å². The second-order valence-electron chi connectivity index (χ2n) is 6.29. The minimum absolute atomic E-state index is 0.156. The molecule has 1 saturated heterocycles. The van der Waals surface area contributed by atoms with E-state index in [1.54, 1.807) is 0 Å². The molecule has 0 atom stereocenters. The Kier molecular flexibility index (Phi) is 4.57. The summed E-state index contributed by atoms with van der Waals surface area (Å²) in [5.41, 5.74) is 0.175. The Labute approximate surface area is 130 Å². The molecule has 3 rings (SSSR count). The predicted octanol–water partition coefficient (Wildman–Crippen LogP) is 1.01. The van der Waals surface area contributed by atoms with Crippen LogP contribution in [0.4, 0.5) is 0 Å². The highest BCUT2D eigenvalue weighted by atomic mass is 16.2. The summed E-state index contributed by atoms with van der Waals surface area (Å²) in [4.78, 5) is 26.5. The number of nitrogens with zero attached hydrogens (tertiary/aromatic N) is 3. The van der Waals surface area contributed by atoms with Gasteiger partial charge in [-0.25, -0.2) is 4.68 Å². The van der Waals surface area contributed by atoms with E-state index < -0.39 is 0 Å². The standard InChI is InChI=1S/C16H24N4O2/c1-2-9-20-15(21)6-5-14(18-20)16(22)17-12-7-10-19(11-8-12)13-3-4-13/h5-6,12-13H,2-4,7-11H2,1H3,(H,17,22). The zero-order chi connectivity index (χ0) is 15.5. The van der Waals surface area contributed by atoms with E-state index in [2.05, 4.69) is 15.3 Å². The van der Waals surface area contributed by atoms with Gasteiger partial charge in [-0.15, -0.1) is 0 Å². The summed E-state index contributed by atoms with van der Waals surface area (Å²) in [5.74, 6) is -0.172. The first-order chi connectivity index (χ1) is 10.7. The molecule has 1 amide bonds. The SMILES string of the molecule is CCCn1nc(C(=O)NC2CCN(C3CC3)CC2)ccc1=O. The highest BCUT2D eigenvalue weighted by Gasteiger charge is 2.32. The van der Waals surface area contributed by atoms with Crippen LogP contribution in [0.2, 0.25) is 0 Å². The number of aromatic nitrogens is 2. The van der Waals surface area contributed by atoms with Gasteiger partial charge in [0, 0.05) is 37.8 Å². The van der Waals surface area contributed by atoms with Crippen LogP contribution in [-0.2, 0) is 6.54 Å². The molecule has 2 heterocycles. The van der Waals surface area contributed by atoms with Gasteiger partial charge in [0.15, 0.2) is 0 Å². The van der Waals surface area contributed by atoms with Gasteiger partial charge in [-0.1, -0.05) is 6.92 Å². The minimum Gasteiger partial charge on any atom is -0.348 e. The zero-order valence-corrected chi connectivity index (χ0v) is 13.1. The molecule has 0 unspecified atom stereocenters. The molecule has 6 nitrogen and oxygen atoms in total. The van der Waals surface area contributed by atoms with E-state index in [4.69, 9.17) is 0 Å². The maximum absolute atomic E-state index is 12.3. The monoisotopic (exact) mass is 304 g/mol. The van der Waals surface area contributed by atoms with Crippen LogP contribution in [0, 0.1) is 0 Å². The number of nitrogens with one attached hydrogen (secondary N) is 1. The third-order valence-corrected chi connectivity index (χ3v) is 4.46. The predicted molar refractivity (Wildman–Crippen MR) is 83.9 cm³/mol. The summed E-state index contributed by atoms with van der Waals surface area (Å²) in [6.07, 6.45) is 5.48. The Bertz CT molecular complexity index is 586. The van der Waals surface area contributed by atoms with Gasteiger partial charge in [0.1, 0.15) is 5.69 Å². The van der Waals surface area contributed by atoms with Crippen LogP contribution in [0.1, 0.15) is 49.5 Å². The summed E-state index contributed by atoms with van der Waals surface area (Å²) in [6, 6.07) is 3.96. The Hall–Kier alpha value is -1.69. The Morgan fingerprint density at radius 3 is 2.64 bits per heavy atom. The number of carbonyl (C=O) groups excluding carboxylic acids is 1. The molecular weight excluding hydrogens is 280 g/mol. The third kappa shape index (κ3) is 3.55. The topological polar surface area (TPSA) is 67.2 Å². The molecule has 2 aliphatic rings. The first kappa shape index (κ1) is 15.2. The number of amides is 1. The van der Waals surface area contributed by atoms with E-state index in [-0.39, 0.29) is 17.5 Å². The molecule has 1 aromatic rings. The lowest BCUT2D eigenvalue weighted by atomic mass is 10.0. The summed E-state index contributed by atoms with van der Waals surface area (Å²) in [5, 5.41) is 7.22.